The predicted molar refractivity (Wildman–Crippen MR) is 77.9 cm³/mol. The number of anilines is 1. The second-order valence-corrected chi connectivity index (χ2v) is 4.63. The summed E-state index contributed by atoms with van der Waals surface area (Å²) in [6, 6.07) is 11.4. The Labute approximate surface area is 121 Å². The lowest BCUT2D eigenvalue weighted by Crippen LogP contribution is -2.04. The van der Waals surface area contributed by atoms with Crippen molar-refractivity contribution in [2.45, 2.75) is 6.54 Å². The van der Waals surface area contributed by atoms with Gasteiger partial charge >= 0.3 is 0 Å². The van der Waals surface area contributed by atoms with E-state index in [0.29, 0.717) is 6.54 Å². The van der Waals surface area contributed by atoms with Crippen molar-refractivity contribution < 1.29 is 0 Å². The lowest BCUT2D eigenvalue weighted by atomic mass is 10.2. The monoisotopic (exact) mass is 285 g/mol. The van der Waals surface area contributed by atoms with Gasteiger partial charge in [-0.15, -0.1) is 0 Å². The molecule has 0 saturated heterocycles. The molecular formula is C14H12ClN5. The number of hydrogen-bond acceptors (Lipinski definition) is 4. The average molecular weight is 286 g/mol. The summed E-state index contributed by atoms with van der Waals surface area (Å²) in [6.07, 6.45) is 5.06. The second-order valence-electron chi connectivity index (χ2n) is 4.19. The summed E-state index contributed by atoms with van der Waals surface area (Å²) < 4.78 is 1.69. The van der Waals surface area contributed by atoms with Gasteiger partial charge in [-0.2, -0.15) is 5.10 Å². The Morgan fingerprint density at radius 3 is 2.75 bits per heavy atom. The molecule has 0 aliphatic carbocycles. The zero-order valence-electron chi connectivity index (χ0n) is 10.6. The van der Waals surface area contributed by atoms with Gasteiger partial charge in [0.05, 0.1) is 0 Å². The molecular weight excluding hydrogens is 274 g/mol. The first-order valence-electron chi connectivity index (χ1n) is 6.12. The Balaban J connectivity index is 1.72. The van der Waals surface area contributed by atoms with E-state index in [0.717, 1.165) is 22.2 Å². The highest BCUT2D eigenvalue weighted by atomic mass is 35.5. The summed E-state index contributed by atoms with van der Waals surface area (Å²) >= 11 is 5.86. The highest BCUT2D eigenvalue weighted by Crippen LogP contribution is 2.12. The van der Waals surface area contributed by atoms with Crippen LogP contribution in [-0.4, -0.2) is 19.7 Å². The van der Waals surface area contributed by atoms with Gasteiger partial charge in [-0.25, -0.2) is 14.6 Å². The topological polar surface area (TPSA) is 55.6 Å². The lowest BCUT2D eigenvalue weighted by Gasteiger charge is -2.07. The SMILES string of the molecule is Clc1ccc(CNc2cc(-n3cccn3)ncn2)cc1. The first-order chi connectivity index (χ1) is 9.81. The fourth-order valence-electron chi connectivity index (χ4n) is 1.77. The van der Waals surface area contributed by atoms with Crippen LogP contribution in [-0.2, 0) is 6.54 Å². The van der Waals surface area contributed by atoms with E-state index in [-0.39, 0.29) is 0 Å². The van der Waals surface area contributed by atoms with Crippen LogP contribution in [0.5, 0.6) is 0 Å². The summed E-state index contributed by atoms with van der Waals surface area (Å²) in [5.41, 5.74) is 1.13. The smallest absolute Gasteiger partial charge is 0.158 e. The molecule has 100 valence electrons. The number of rotatable bonds is 4. The van der Waals surface area contributed by atoms with E-state index in [2.05, 4.69) is 20.4 Å². The standard InChI is InChI=1S/C14H12ClN5/c15-12-4-2-11(3-5-12)9-16-13-8-14(18-10-17-13)20-7-1-6-19-20/h1-8,10H,9H2,(H,16,17,18). The molecule has 0 amide bonds. The molecule has 0 radical (unpaired) electrons. The third-order valence-corrected chi connectivity index (χ3v) is 3.03. The van der Waals surface area contributed by atoms with Gasteiger partial charge in [0, 0.05) is 30.0 Å². The molecule has 0 aliphatic heterocycles. The largest absolute Gasteiger partial charge is 0.366 e. The van der Waals surface area contributed by atoms with Crippen LogP contribution < -0.4 is 5.32 Å². The molecule has 3 aromatic rings. The maximum Gasteiger partial charge on any atom is 0.158 e. The van der Waals surface area contributed by atoms with Crippen molar-refractivity contribution in [1.82, 2.24) is 19.7 Å². The van der Waals surface area contributed by atoms with Gasteiger partial charge in [0.15, 0.2) is 5.82 Å². The molecule has 1 aromatic carbocycles. The second kappa shape index (κ2) is 5.71. The van der Waals surface area contributed by atoms with Crippen LogP contribution in [0.25, 0.3) is 5.82 Å². The van der Waals surface area contributed by atoms with E-state index < -0.39 is 0 Å². The summed E-state index contributed by atoms with van der Waals surface area (Å²) in [7, 11) is 0. The first-order valence-corrected chi connectivity index (χ1v) is 6.49. The van der Waals surface area contributed by atoms with Crippen molar-refractivity contribution in [2.24, 2.45) is 0 Å². The maximum absolute atomic E-state index is 5.86. The number of nitrogens with one attached hydrogen (secondary N) is 1. The van der Waals surface area contributed by atoms with Gasteiger partial charge < -0.3 is 5.32 Å². The highest BCUT2D eigenvalue weighted by molar-refractivity contribution is 6.30. The van der Waals surface area contributed by atoms with Gasteiger partial charge in [-0.05, 0) is 23.8 Å². The summed E-state index contributed by atoms with van der Waals surface area (Å²) in [4.78, 5) is 8.37. The first kappa shape index (κ1) is 12.6. The lowest BCUT2D eigenvalue weighted by molar-refractivity contribution is 0.839. The Morgan fingerprint density at radius 1 is 1.15 bits per heavy atom. The van der Waals surface area contributed by atoms with E-state index in [1.165, 1.54) is 6.33 Å². The summed E-state index contributed by atoms with van der Waals surface area (Å²) in [5, 5.41) is 8.12. The number of nitrogens with zero attached hydrogens (tertiary/aromatic N) is 4. The Kier molecular flexibility index (Phi) is 3.60. The van der Waals surface area contributed by atoms with Gasteiger partial charge in [0.25, 0.3) is 0 Å². The molecule has 0 aliphatic rings. The molecule has 0 spiro atoms. The number of hydrogen-bond donors (Lipinski definition) is 1. The van der Waals surface area contributed by atoms with Crippen molar-refractivity contribution in [1.29, 1.82) is 0 Å². The highest BCUT2D eigenvalue weighted by Gasteiger charge is 2.01. The van der Waals surface area contributed by atoms with Crippen molar-refractivity contribution in [3.05, 3.63) is 65.7 Å². The molecule has 2 heterocycles. The molecule has 20 heavy (non-hydrogen) atoms. The fraction of sp³-hybridized carbons (Fsp3) is 0.0714. The normalized spacial score (nSPS) is 10.4. The number of halogens is 1. The van der Waals surface area contributed by atoms with Crippen LogP contribution >= 0.6 is 11.6 Å². The van der Waals surface area contributed by atoms with Crippen LogP contribution in [0, 0.1) is 0 Å². The zero-order chi connectivity index (χ0) is 13.8. The van der Waals surface area contributed by atoms with Gasteiger partial charge in [0.2, 0.25) is 0 Å². The van der Waals surface area contributed by atoms with E-state index in [9.17, 15) is 0 Å². The third-order valence-electron chi connectivity index (χ3n) is 2.78. The molecule has 0 fully saturated rings. The third kappa shape index (κ3) is 2.95. The minimum Gasteiger partial charge on any atom is -0.366 e. The van der Waals surface area contributed by atoms with Gasteiger partial charge in [-0.1, -0.05) is 23.7 Å². The Bertz CT molecular complexity index is 679. The van der Waals surface area contributed by atoms with Crippen molar-refractivity contribution in [2.75, 3.05) is 5.32 Å². The zero-order valence-corrected chi connectivity index (χ0v) is 11.3. The summed E-state index contributed by atoms with van der Waals surface area (Å²) in [5.74, 6) is 1.48. The molecule has 0 saturated carbocycles. The van der Waals surface area contributed by atoms with Crippen LogP contribution in [0.15, 0.2) is 55.1 Å². The molecule has 5 nitrogen and oxygen atoms in total. The van der Waals surface area contributed by atoms with Crippen LogP contribution in [0.4, 0.5) is 5.82 Å². The number of aromatic nitrogens is 4. The van der Waals surface area contributed by atoms with E-state index in [4.69, 9.17) is 11.6 Å². The quantitative estimate of drug-likeness (QED) is 0.801. The van der Waals surface area contributed by atoms with E-state index in [1.807, 2.05) is 42.6 Å². The summed E-state index contributed by atoms with van der Waals surface area (Å²) in [6.45, 7) is 0.673. The molecule has 1 N–H and O–H groups in total. The molecule has 0 atom stereocenters. The van der Waals surface area contributed by atoms with Gasteiger partial charge in [0.1, 0.15) is 12.1 Å². The van der Waals surface area contributed by atoms with Crippen molar-refractivity contribution in [3.8, 4) is 5.82 Å². The van der Waals surface area contributed by atoms with Gasteiger partial charge in [-0.3, -0.25) is 0 Å². The molecule has 0 unspecified atom stereocenters. The van der Waals surface area contributed by atoms with E-state index >= 15 is 0 Å². The minimum absolute atomic E-state index is 0.673. The predicted octanol–water partition coefficient (Wildman–Crippen LogP) is 2.93. The van der Waals surface area contributed by atoms with Crippen LogP contribution in [0.3, 0.4) is 0 Å². The Hall–Kier alpha value is -2.40. The molecule has 2 aromatic heterocycles. The van der Waals surface area contributed by atoms with Crippen molar-refractivity contribution >= 4 is 17.4 Å². The molecule has 6 heteroatoms. The molecule has 3 rings (SSSR count). The van der Waals surface area contributed by atoms with Crippen molar-refractivity contribution in [3.63, 3.8) is 0 Å². The number of benzene rings is 1. The minimum atomic E-state index is 0.673. The van der Waals surface area contributed by atoms with Crippen LogP contribution in [0.2, 0.25) is 5.02 Å². The average Bonchev–Trinajstić information content (AvgIpc) is 3.01. The molecule has 0 bridgehead atoms. The van der Waals surface area contributed by atoms with E-state index in [1.54, 1.807) is 10.9 Å². The Morgan fingerprint density at radius 2 is 2.00 bits per heavy atom. The fourth-order valence-corrected chi connectivity index (χ4v) is 1.89. The maximum atomic E-state index is 5.86. The van der Waals surface area contributed by atoms with Crippen LogP contribution in [0.1, 0.15) is 5.56 Å².